The topological polar surface area (TPSA) is 80.3 Å². The van der Waals surface area contributed by atoms with Crippen LogP contribution in [0.2, 0.25) is 0 Å². The molecule has 0 aliphatic rings. The summed E-state index contributed by atoms with van der Waals surface area (Å²) >= 11 is 0. The van der Waals surface area contributed by atoms with Crippen molar-refractivity contribution in [2.45, 2.75) is 6.92 Å². The van der Waals surface area contributed by atoms with E-state index in [1.165, 1.54) is 0 Å². The normalized spacial score (nSPS) is 11.0. The van der Waals surface area contributed by atoms with Crippen LogP contribution in [0.3, 0.4) is 0 Å². The van der Waals surface area contributed by atoms with Crippen LogP contribution in [0.1, 0.15) is 11.1 Å². The minimum Gasteiger partial charge on any atom is -0.361 e. The molecule has 0 unspecified atom stereocenters. The molecule has 5 nitrogen and oxygen atoms in total. The van der Waals surface area contributed by atoms with Gasteiger partial charge in [0.15, 0.2) is 0 Å². The van der Waals surface area contributed by atoms with Gasteiger partial charge in [-0.25, -0.2) is 0 Å². The van der Waals surface area contributed by atoms with Crippen LogP contribution in [0.5, 0.6) is 0 Å². The molecule has 5 heteroatoms. The lowest BCUT2D eigenvalue weighted by Crippen LogP contribution is -2.00. The van der Waals surface area contributed by atoms with Crippen molar-refractivity contribution < 1.29 is 0 Å². The van der Waals surface area contributed by atoms with Crippen LogP contribution in [-0.4, -0.2) is 15.0 Å². The van der Waals surface area contributed by atoms with Crippen molar-refractivity contribution in [2.75, 3.05) is 5.32 Å². The van der Waals surface area contributed by atoms with Crippen molar-refractivity contribution >= 4 is 33.2 Å². The molecular formula is C23H17N5. The van der Waals surface area contributed by atoms with E-state index in [1.807, 2.05) is 48.9 Å². The predicted molar refractivity (Wildman–Crippen MR) is 113 cm³/mol. The van der Waals surface area contributed by atoms with Gasteiger partial charge >= 0.3 is 0 Å². The highest BCUT2D eigenvalue weighted by atomic mass is 14.9. The Labute approximate surface area is 161 Å². The summed E-state index contributed by atoms with van der Waals surface area (Å²) in [7, 11) is 0. The van der Waals surface area contributed by atoms with Gasteiger partial charge < -0.3 is 15.3 Å². The number of hydrogen-bond donors (Lipinski definition) is 3. The molecule has 0 radical (unpaired) electrons. The molecule has 0 aliphatic carbocycles. The van der Waals surface area contributed by atoms with Crippen LogP contribution in [0.4, 0.5) is 11.4 Å². The van der Waals surface area contributed by atoms with Gasteiger partial charge in [-0.15, -0.1) is 0 Å². The minimum absolute atomic E-state index is 0.513. The Bertz CT molecular complexity index is 1370. The van der Waals surface area contributed by atoms with Crippen molar-refractivity contribution in [3.63, 3.8) is 0 Å². The van der Waals surface area contributed by atoms with E-state index in [1.54, 1.807) is 6.20 Å². The average Bonchev–Trinajstić information content (AvgIpc) is 3.39. The average molecular weight is 363 g/mol. The zero-order valence-electron chi connectivity index (χ0n) is 15.2. The first-order valence-electron chi connectivity index (χ1n) is 9.04. The molecule has 0 spiro atoms. The number of hydrogen-bond acceptors (Lipinski definition) is 3. The first-order chi connectivity index (χ1) is 13.8. The molecule has 0 bridgehead atoms. The zero-order chi connectivity index (χ0) is 19.1. The quantitative estimate of drug-likeness (QED) is 0.388. The maximum Gasteiger partial charge on any atom is 0.103 e. The van der Waals surface area contributed by atoms with Gasteiger partial charge in [0, 0.05) is 57.8 Å². The fourth-order valence-electron chi connectivity index (χ4n) is 3.76. The maximum absolute atomic E-state index is 9.71. The highest BCUT2D eigenvalue weighted by Gasteiger charge is 2.15. The van der Waals surface area contributed by atoms with E-state index in [9.17, 15) is 5.26 Å². The largest absolute Gasteiger partial charge is 0.361 e. The number of aromatic amines is 2. The molecule has 0 saturated carbocycles. The molecule has 3 N–H and O–H groups in total. The summed E-state index contributed by atoms with van der Waals surface area (Å²) in [6.07, 6.45) is 7.28. The van der Waals surface area contributed by atoms with Gasteiger partial charge in [-0.1, -0.05) is 12.1 Å². The van der Waals surface area contributed by atoms with Crippen LogP contribution in [0, 0.1) is 18.3 Å². The number of pyridine rings is 1. The van der Waals surface area contributed by atoms with Crippen LogP contribution in [0.25, 0.3) is 32.9 Å². The van der Waals surface area contributed by atoms with Crippen LogP contribution in [0.15, 0.2) is 67.3 Å². The van der Waals surface area contributed by atoms with Gasteiger partial charge in [-0.3, -0.25) is 4.98 Å². The molecule has 3 heterocycles. The van der Waals surface area contributed by atoms with Crippen molar-refractivity contribution in [3.8, 4) is 17.2 Å². The summed E-state index contributed by atoms with van der Waals surface area (Å²) in [6.45, 7) is 2.08. The maximum atomic E-state index is 9.71. The second-order valence-electron chi connectivity index (χ2n) is 6.77. The Balaban J connectivity index is 1.72. The Hall–Kier alpha value is -4.04. The molecular weight excluding hydrogens is 346 g/mol. The number of H-pyrrole nitrogens is 2. The van der Waals surface area contributed by atoms with Crippen LogP contribution in [-0.2, 0) is 0 Å². The van der Waals surface area contributed by atoms with E-state index in [0.29, 0.717) is 5.56 Å². The van der Waals surface area contributed by atoms with Crippen LogP contribution >= 0.6 is 0 Å². The van der Waals surface area contributed by atoms with E-state index in [2.05, 4.69) is 45.4 Å². The standard InChI is InChI=1S/C23H17N5/c1-14-16-7-9-27-22(16)6-5-20(14)28-23-15(11-24)12-25-13-19(23)17-3-2-4-21-18(17)8-10-26-21/h2-10,12-13,26-27H,1H3,(H,25,28). The predicted octanol–water partition coefficient (Wildman–Crippen LogP) is 5.63. The smallest absolute Gasteiger partial charge is 0.103 e. The molecule has 0 amide bonds. The number of nitrogens with zero attached hydrogens (tertiary/aromatic N) is 2. The third-order valence-corrected chi connectivity index (χ3v) is 5.21. The summed E-state index contributed by atoms with van der Waals surface area (Å²) in [5.74, 6) is 0. The molecule has 0 atom stereocenters. The lowest BCUT2D eigenvalue weighted by molar-refractivity contribution is 1.30. The number of aromatic nitrogens is 3. The highest BCUT2D eigenvalue weighted by molar-refractivity contribution is 6.00. The second kappa shape index (κ2) is 6.29. The third-order valence-electron chi connectivity index (χ3n) is 5.21. The molecule has 5 aromatic rings. The number of fused-ring (bicyclic) bond motifs is 2. The highest BCUT2D eigenvalue weighted by Crippen LogP contribution is 2.37. The zero-order valence-corrected chi connectivity index (χ0v) is 15.2. The van der Waals surface area contributed by atoms with Gasteiger partial charge in [-0.2, -0.15) is 5.26 Å². The van der Waals surface area contributed by atoms with E-state index >= 15 is 0 Å². The van der Waals surface area contributed by atoms with E-state index in [-0.39, 0.29) is 0 Å². The Morgan fingerprint density at radius 2 is 1.68 bits per heavy atom. The van der Waals surface area contributed by atoms with Crippen LogP contribution < -0.4 is 5.32 Å². The summed E-state index contributed by atoms with van der Waals surface area (Å²) in [4.78, 5) is 10.8. The summed E-state index contributed by atoms with van der Waals surface area (Å²) in [6, 6.07) is 16.6. The SMILES string of the molecule is Cc1c(Nc2c(C#N)cncc2-c2cccc3[nH]ccc23)ccc2[nH]ccc12. The van der Waals surface area contributed by atoms with Crippen molar-refractivity contribution in [1.29, 1.82) is 5.26 Å². The Kier molecular flexibility index (Phi) is 3.63. The number of nitriles is 1. The summed E-state index contributed by atoms with van der Waals surface area (Å²) in [5, 5.41) is 15.5. The first kappa shape index (κ1) is 16.2. The molecule has 0 fully saturated rings. The number of anilines is 2. The van der Waals surface area contributed by atoms with Gasteiger partial charge in [0.05, 0.1) is 11.3 Å². The number of nitrogens with one attached hydrogen (secondary N) is 3. The van der Waals surface area contributed by atoms with Gasteiger partial charge in [0.25, 0.3) is 0 Å². The number of aryl methyl sites for hydroxylation is 1. The van der Waals surface area contributed by atoms with Crippen molar-refractivity contribution in [3.05, 3.63) is 78.4 Å². The fourth-order valence-corrected chi connectivity index (χ4v) is 3.76. The third kappa shape index (κ3) is 2.43. The Morgan fingerprint density at radius 1 is 0.893 bits per heavy atom. The molecule has 2 aromatic carbocycles. The lowest BCUT2D eigenvalue weighted by Gasteiger charge is -2.16. The Morgan fingerprint density at radius 3 is 2.50 bits per heavy atom. The second-order valence-corrected chi connectivity index (χ2v) is 6.77. The molecule has 5 rings (SSSR count). The molecule has 3 aromatic heterocycles. The summed E-state index contributed by atoms with van der Waals surface area (Å²) < 4.78 is 0. The van der Waals surface area contributed by atoms with Gasteiger partial charge in [0.1, 0.15) is 6.07 Å². The van der Waals surface area contributed by atoms with E-state index in [0.717, 1.165) is 49.9 Å². The van der Waals surface area contributed by atoms with E-state index in [4.69, 9.17) is 0 Å². The lowest BCUT2D eigenvalue weighted by atomic mass is 9.99. The summed E-state index contributed by atoms with van der Waals surface area (Å²) in [5.41, 5.74) is 7.46. The van der Waals surface area contributed by atoms with Crippen molar-refractivity contribution in [2.24, 2.45) is 0 Å². The molecule has 28 heavy (non-hydrogen) atoms. The first-order valence-corrected chi connectivity index (χ1v) is 9.04. The molecule has 0 aliphatic heterocycles. The monoisotopic (exact) mass is 363 g/mol. The van der Waals surface area contributed by atoms with Gasteiger partial charge in [0.2, 0.25) is 0 Å². The van der Waals surface area contributed by atoms with Crippen molar-refractivity contribution in [1.82, 2.24) is 15.0 Å². The molecule has 134 valence electrons. The molecule has 0 saturated heterocycles. The minimum atomic E-state index is 0.513. The number of benzene rings is 2. The fraction of sp³-hybridized carbons (Fsp3) is 0.0435. The van der Waals surface area contributed by atoms with E-state index < -0.39 is 0 Å². The number of rotatable bonds is 3. The van der Waals surface area contributed by atoms with Gasteiger partial charge in [-0.05, 0) is 48.4 Å².